The van der Waals surface area contributed by atoms with Crippen LogP contribution in [0, 0.1) is 11.8 Å². The molecule has 2 N–H and O–H groups in total. The van der Waals surface area contributed by atoms with Crippen molar-refractivity contribution < 1.29 is 36.2 Å². The Kier molecular flexibility index (Phi) is 10.2. The number of allylic oxidation sites excluding steroid dienone is 2. The van der Waals surface area contributed by atoms with Crippen molar-refractivity contribution in [2.75, 3.05) is 32.0 Å². The van der Waals surface area contributed by atoms with Gasteiger partial charge in [0.15, 0.2) is 0 Å². The van der Waals surface area contributed by atoms with Crippen molar-refractivity contribution in [2.24, 2.45) is 11.8 Å². The summed E-state index contributed by atoms with van der Waals surface area (Å²) in [5.74, 6) is -1.70. The Morgan fingerprint density at radius 3 is 2.55 bits per heavy atom. The molecule has 33 heavy (non-hydrogen) atoms. The van der Waals surface area contributed by atoms with Gasteiger partial charge in [-0.2, -0.15) is 13.2 Å². The van der Waals surface area contributed by atoms with Gasteiger partial charge in [0.1, 0.15) is 0 Å². The molecule has 2 unspecified atom stereocenters. The quantitative estimate of drug-likeness (QED) is 0.544. The molecule has 3 atom stereocenters. The predicted molar refractivity (Wildman–Crippen MR) is 119 cm³/mol. The highest BCUT2D eigenvalue weighted by Gasteiger charge is 2.46. The minimum absolute atomic E-state index is 0.0888. The number of carbonyl (C=O) groups is 1. The molecule has 1 aliphatic heterocycles. The topological polar surface area (TPSA) is 95.9 Å². The lowest BCUT2D eigenvalue weighted by molar-refractivity contribution is -0.192. The molecule has 192 valence electrons. The number of carboxylic acids is 1. The monoisotopic (exact) mass is 498 g/mol. The zero-order valence-electron chi connectivity index (χ0n) is 19.4. The van der Waals surface area contributed by atoms with Gasteiger partial charge in [-0.05, 0) is 43.9 Å². The van der Waals surface area contributed by atoms with Crippen LogP contribution < -0.4 is 4.72 Å². The van der Waals surface area contributed by atoms with E-state index in [1.807, 2.05) is 13.8 Å². The number of aliphatic carboxylic acids is 1. The molecule has 2 fully saturated rings. The molecule has 1 heterocycles. The van der Waals surface area contributed by atoms with Gasteiger partial charge in [-0.25, -0.2) is 17.9 Å². The normalized spacial score (nSPS) is 29.0. The van der Waals surface area contributed by atoms with Gasteiger partial charge in [0.05, 0.1) is 24.0 Å². The van der Waals surface area contributed by atoms with E-state index < -0.39 is 22.2 Å². The van der Waals surface area contributed by atoms with Crippen molar-refractivity contribution in [3.63, 3.8) is 0 Å². The zero-order valence-corrected chi connectivity index (χ0v) is 20.3. The lowest BCUT2D eigenvalue weighted by Crippen LogP contribution is -2.64. The first-order valence-electron chi connectivity index (χ1n) is 11.6. The third-order valence-electron chi connectivity index (χ3n) is 6.28. The number of halogens is 3. The second-order valence-electron chi connectivity index (χ2n) is 9.69. The fourth-order valence-electron chi connectivity index (χ4n) is 4.87. The van der Waals surface area contributed by atoms with Crippen LogP contribution in [0.15, 0.2) is 12.2 Å². The molecule has 0 bridgehead atoms. The Morgan fingerprint density at radius 2 is 1.97 bits per heavy atom. The average Bonchev–Trinajstić information content (AvgIpc) is 2.69. The summed E-state index contributed by atoms with van der Waals surface area (Å²) in [7, 11) is -3.26. The number of carboxylic acid groups (broad SMARTS) is 1. The van der Waals surface area contributed by atoms with Gasteiger partial charge in [0.2, 0.25) is 10.0 Å². The van der Waals surface area contributed by atoms with E-state index in [1.165, 1.54) is 19.3 Å². The van der Waals surface area contributed by atoms with Gasteiger partial charge in [-0.15, -0.1) is 0 Å². The maximum Gasteiger partial charge on any atom is 0.490 e. The van der Waals surface area contributed by atoms with E-state index in [-0.39, 0.29) is 23.3 Å². The molecule has 0 aromatic carbocycles. The second-order valence-corrected chi connectivity index (χ2v) is 11.5. The largest absolute Gasteiger partial charge is 0.490 e. The number of morpholine rings is 1. The third-order valence-corrected chi connectivity index (χ3v) is 8.03. The van der Waals surface area contributed by atoms with Gasteiger partial charge >= 0.3 is 12.1 Å². The molecule has 1 spiro atoms. The smallest absolute Gasteiger partial charge is 0.475 e. The highest BCUT2D eigenvalue weighted by Crippen LogP contribution is 2.36. The van der Waals surface area contributed by atoms with Crippen LogP contribution in [0.1, 0.15) is 58.8 Å². The van der Waals surface area contributed by atoms with E-state index in [2.05, 4.69) is 21.8 Å². The van der Waals surface area contributed by atoms with E-state index >= 15 is 0 Å². The summed E-state index contributed by atoms with van der Waals surface area (Å²) in [4.78, 5) is 11.4. The van der Waals surface area contributed by atoms with Crippen LogP contribution in [0.5, 0.6) is 0 Å². The summed E-state index contributed by atoms with van der Waals surface area (Å²) in [6.07, 6.45) is 7.21. The summed E-state index contributed by atoms with van der Waals surface area (Å²) in [6.45, 7) is 7.56. The lowest BCUT2D eigenvalue weighted by Gasteiger charge is -2.50. The Morgan fingerprint density at radius 1 is 1.27 bits per heavy atom. The maximum atomic E-state index is 12.5. The van der Waals surface area contributed by atoms with Crippen molar-refractivity contribution in [3.05, 3.63) is 12.2 Å². The Balaban J connectivity index is 0.000000479. The van der Waals surface area contributed by atoms with Crippen molar-refractivity contribution in [1.82, 2.24) is 9.62 Å². The van der Waals surface area contributed by atoms with Crippen LogP contribution in [0.25, 0.3) is 0 Å². The van der Waals surface area contributed by atoms with E-state index in [0.717, 1.165) is 51.2 Å². The van der Waals surface area contributed by atoms with Crippen molar-refractivity contribution in [2.45, 2.75) is 76.6 Å². The van der Waals surface area contributed by atoms with Gasteiger partial charge in [0, 0.05) is 19.6 Å². The van der Waals surface area contributed by atoms with E-state index in [9.17, 15) is 21.6 Å². The fourth-order valence-corrected chi connectivity index (χ4v) is 6.61. The Hall–Kier alpha value is -1.17. The van der Waals surface area contributed by atoms with Crippen LogP contribution >= 0.6 is 0 Å². The molecular formula is C22H37F3N2O5S. The summed E-state index contributed by atoms with van der Waals surface area (Å²) < 4.78 is 66.2. The zero-order chi connectivity index (χ0) is 24.7. The van der Waals surface area contributed by atoms with Crippen LogP contribution in [-0.4, -0.2) is 74.2 Å². The summed E-state index contributed by atoms with van der Waals surface area (Å²) in [5, 5.41) is 7.12. The van der Waals surface area contributed by atoms with E-state index in [1.54, 1.807) is 0 Å². The minimum atomic E-state index is -5.08. The first kappa shape index (κ1) is 28.1. The minimum Gasteiger partial charge on any atom is -0.475 e. The van der Waals surface area contributed by atoms with Crippen LogP contribution in [0.2, 0.25) is 0 Å². The molecule has 0 radical (unpaired) electrons. The number of sulfonamides is 1. The first-order chi connectivity index (χ1) is 15.3. The number of nitrogens with one attached hydrogen (secondary N) is 1. The van der Waals surface area contributed by atoms with Crippen LogP contribution in [0.3, 0.4) is 0 Å². The molecule has 0 aromatic heterocycles. The number of hydrogen-bond donors (Lipinski definition) is 2. The highest BCUT2D eigenvalue weighted by atomic mass is 32.2. The number of rotatable bonds is 6. The number of hydrogen-bond acceptors (Lipinski definition) is 5. The number of alkyl halides is 3. The van der Waals surface area contributed by atoms with Gasteiger partial charge < -0.3 is 9.84 Å². The average molecular weight is 499 g/mol. The number of nitrogens with zero attached hydrogens (tertiary/aromatic N) is 1. The molecule has 0 aromatic rings. The third kappa shape index (κ3) is 9.18. The molecular weight excluding hydrogens is 461 g/mol. The Bertz CT molecular complexity index is 768. The second kappa shape index (κ2) is 12.0. The summed E-state index contributed by atoms with van der Waals surface area (Å²) >= 11 is 0. The molecule has 11 heteroatoms. The van der Waals surface area contributed by atoms with Crippen LogP contribution in [-0.2, 0) is 19.6 Å². The number of ether oxygens (including phenoxy) is 1. The highest BCUT2D eigenvalue weighted by molar-refractivity contribution is 7.89. The molecule has 3 rings (SSSR count). The lowest BCUT2D eigenvalue weighted by atomic mass is 9.79. The maximum absolute atomic E-state index is 12.5. The first-order valence-corrected chi connectivity index (χ1v) is 13.3. The van der Waals surface area contributed by atoms with Crippen LogP contribution in [0.4, 0.5) is 13.2 Å². The molecule has 1 saturated heterocycles. The van der Waals surface area contributed by atoms with E-state index in [4.69, 9.17) is 14.6 Å². The summed E-state index contributed by atoms with van der Waals surface area (Å²) in [6, 6.07) is -0.0888. The van der Waals surface area contributed by atoms with Crippen molar-refractivity contribution in [3.8, 4) is 0 Å². The molecule has 2 aliphatic carbocycles. The molecule has 0 amide bonds. The summed E-state index contributed by atoms with van der Waals surface area (Å²) in [5.41, 5.74) is -0.342. The molecule has 7 nitrogen and oxygen atoms in total. The molecule has 1 saturated carbocycles. The Labute approximate surface area is 194 Å². The van der Waals surface area contributed by atoms with E-state index in [0.29, 0.717) is 6.61 Å². The fraction of sp³-hybridized carbons (Fsp3) is 0.864. The standard InChI is InChI=1S/C20H36N2O3S.C2HF3O2/c1-17(2)15-26(23,24)21-19-10-6-7-11-20(19)16-22(12-13-25-20)14-18-8-4-3-5-9-18;3-2(4,5)1(6)7/h3-4,17-19,21H,5-16H2,1-2H3;(H,6,7)/t18-,19?,20?;/m1./s1. The van der Waals surface area contributed by atoms with Gasteiger partial charge in [-0.3, -0.25) is 4.90 Å². The van der Waals surface area contributed by atoms with Gasteiger partial charge in [-0.1, -0.05) is 38.8 Å². The van der Waals surface area contributed by atoms with Gasteiger partial charge in [0.25, 0.3) is 0 Å². The van der Waals surface area contributed by atoms with Crippen molar-refractivity contribution in [1.29, 1.82) is 0 Å². The SMILES string of the molecule is CC(C)CS(=O)(=O)NC1CCCCC12CN(C[C@@H]1CC=CCC1)CCO2.O=C(O)C(F)(F)F. The van der Waals surface area contributed by atoms with Crippen molar-refractivity contribution >= 4 is 16.0 Å². The molecule has 3 aliphatic rings. The predicted octanol–water partition coefficient (Wildman–Crippen LogP) is 3.57.